The Balaban J connectivity index is 1.58. The Labute approximate surface area is 131 Å². The summed E-state index contributed by atoms with van der Waals surface area (Å²) in [5.74, 6) is 0. The number of anilines is 1. The van der Waals surface area contributed by atoms with Crippen LogP contribution in [0, 0.1) is 0 Å². The lowest BCUT2D eigenvalue weighted by Gasteiger charge is -2.27. The van der Waals surface area contributed by atoms with E-state index in [4.69, 9.17) is 0 Å². The van der Waals surface area contributed by atoms with E-state index in [-0.39, 0.29) is 0 Å². The molecule has 0 bridgehead atoms. The predicted molar refractivity (Wildman–Crippen MR) is 90.1 cm³/mol. The van der Waals surface area contributed by atoms with Gasteiger partial charge in [0.1, 0.15) is 5.01 Å². The lowest BCUT2D eigenvalue weighted by Crippen LogP contribution is -2.24. The average molecular weight is 301 g/mol. The molecule has 0 saturated carbocycles. The zero-order valence-electron chi connectivity index (χ0n) is 12.9. The van der Waals surface area contributed by atoms with Gasteiger partial charge in [-0.05, 0) is 36.5 Å². The van der Waals surface area contributed by atoms with Gasteiger partial charge >= 0.3 is 0 Å². The molecule has 0 fully saturated rings. The summed E-state index contributed by atoms with van der Waals surface area (Å²) in [5.41, 5.74) is 4.26. The van der Waals surface area contributed by atoms with Gasteiger partial charge in [0.2, 0.25) is 0 Å². The summed E-state index contributed by atoms with van der Waals surface area (Å²) < 4.78 is 0. The van der Waals surface area contributed by atoms with E-state index in [9.17, 15) is 0 Å². The maximum Gasteiger partial charge on any atom is 0.107 e. The first-order chi connectivity index (χ1) is 10.3. The second-order valence-electron chi connectivity index (χ2n) is 5.67. The third-order valence-corrected chi connectivity index (χ3v) is 5.19. The summed E-state index contributed by atoms with van der Waals surface area (Å²) in [6.45, 7) is 5.13. The fourth-order valence-corrected chi connectivity index (χ4v) is 3.69. The Bertz CT molecular complexity index is 606. The lowest BCUT2D eigenvalue weighted by molar-refractivity contribution is 0.686. The second-order valence-corrected chi connectivity index (χ2v) is 6.87. The van der Waals surface area contributed by atoms with Crippen LogP contribution in [0.2, 0.25) is 0 Å². The highest BCUT2D eigenvalue weighted by Crippen LogP contribution is 2.26. The second kappa shape index (κ2) is 6.58. The molecule has 1 aliphatic rings. The third-order valence-electron chi connectivity index (χ3n) is 4.05. The summed E-state index contributed by atoms with van der Waals surface area (Å²) in [6.07, 6.45) is 5.55. The number of aryl methyl sites for hydroxylation is 2. The van der Waals surface area contributed by atoms with E-state index in [0.29, 0.717) is 0 Å². The van der Waals surface area contributed by atoms with Crippen LogP contribution in [0.5, 0.6) is 0 Å². The van der Waals surface area contributed by atoms with Gasteiger partial charge in [0, 0.05) is 43.4 Å². The first-order valence-corrected chi connectivity index (χ1v) is 8.55. The fourth-order valence-electron chi connectivity index (χ4n) is 2.86. The van der Waals surface area contributed by atoms with E-state index in [2.05, 4.69) is 47.4 Å². The molecule has 3 rings (SSSR count). The highest BCUT2D eigenvalue weighted by atomic mass is 32.1. The molecule has 0 spiro atoms. The molecule has 1 aromatic carbocycles. The minimum atomic E-state index is 0.863. The van der Waals surface area contributed by atoms with Gasteiger partial charge in [0.15, 0.2) is 0 Å². The van der Waals surface area contributed by atoms with Gasteiger partial charge in [-0.3, -0.25) is 0 Å². The van der Waals surface area contributed by atoms with E-state index in [0.717, 1.165) is 19.5 Å². The van der Waals surface area contributed by atoms with Crippen LogP contribution < -0.4 is 10.2 Å². The smallest absolute Gasteiger partial charge is 0.107 e. The van der Waals surface area contributed by atoms with Crippen LogP contribution in [-0.4, -0.2) is 18.6 Å². The zero-order chi connectivity index (χ0) is 14.7. The fraction of sp³-hybridized carbons (Fsp3) is 0.471. The summed E-state index contributed by atoms with van der Waals surface area (Å²) in [7, 11) is 2.18. The lowest BCUT2D eigenvalue weighted by atomic mass is 9.99. The number of hydrogen-bond donors (Lipinski definition) is 1. The molecular weight excluding hydrogens is 278 g/mol. The van der Waals surface area contributed by atoms with Gasteiger partial charge in [0.05, 0.1) is 0 Å². The molecule has 1 aromatic heterocycles. The average Bonchev–Trinajstić information content (AvgIpc) is 2.95. The van der Waals surface area contributed by atoms with Crippen LogP contribution in [0.15, 0.2) is 24.4 Å². The first-order valence-electron chi connectivity index (χ1n) is 7.73. The monoisotopic (exact) mass is 301 g/mol. The summed E-state index contributed by atoms with van der Waals surface area (Å²) >= 11 is 1.81. The van der Waals surface area contributed by atoms with E-state index in [1.54, 1.807) is 0 Å². The van der Waals surface area contributed by atoms with Crippen molar-refractivity contribution < 1.29 is 0 Å². The van der Waals surface area contributed by atoms with Gasteiger partial charge in [0.25, 0.3) is 0 Å². The SMILES string of the molecule is CCc1cnc(CNCc2ccc3c(c2)CCCN3C)s1. The third kappa shape index (κ3) is 3.44. The molecule has 0 aliphatic carbocycles. The normalized spacial score (nSPS) is 14.3. The summed E-state index contributed by atoms with van der Waals surface area (Å²) in [6, 6.07) is 6.87. The number of aromatic nitrogens is 1. The Hall–Kier alpha value is -1.39. The van der Waals surface area contributed by atoms with Gasteiger partial charge < -0.3 is 10.2 Å². The van der Waals surface area contributed by atoms with E-state index in [1.165, 1.54) is 46.1 Å². The van der Waals surface area contributed by atoms with Crippen LogP contribution in [0.25, 0.3) is 0 Å². The van der Waals surface area contributed by atoms with Crippen LogP contribution in [-0.2, 0) is 25.9 Å². The largest absolute Gasteiger partial charge is 0.374 e. The van der Waals surface area contributed by atoms with Crippen molar-refractivity contribution in [1.82, 2.24) is 10.3 Å². The van der Waals surface area contributed by atoms with Gasteiger partial charge in [-0.25, -0.2) is 4.98 Å². The molecule has 2 heterocycles. The topological polar surface area (TPSA) is 28.2 Å². The number of nitrogens with one attached hydrogen (secondary N) is 1. The highest BCUT2D eigenvalue weighted by Gasteiger charge is 2.13. The Morgan fingerprint density at radius 2 is 2.24 bits per heavy atom. The summed E-state index contributed by atoms with van der Waals surface area (Å²) in [4.78, 5) is 8.17. The van der Waals surface area contributed by atoms with Crippen molar-refractivity contribution in [3.63, 3.8) is 0 Å². The van der Waals surface area contributed by atoms with Crippen molar-refractivity contribution >= 4 is 17.0 Å². The number of fused-ring (bicyclic) bond motifs is 1. The van der Waals surface area contributed by atoms with Gasteiger partial charge in [-0.15, -0.1) is 11.3 Å². The molecule has 0 atom stereocenters. The molecule has 0 amide bonds. The van der Waals surface area contributed by atoms with Crippen LogP contribution in [0.3, 0.4) is 0 Å². The Morgan fingerprint density at radius 1 is 1.33 bits per heavy atom. The molecule has 0 saturated heterocycles. The van der Waals surface area contributed by atoms with Crippen molar-refractivity contribution in [2.24, 2.45) is 0 Å². The number of thiazole rings is 1. The first kappa shape index (κ1) is 14.5. The number of nitrogens with zero attached hydrogens (tertiary/aromatic N) is 2. The molecule has 0 unspecified atom stereocenters. The quantitative estimate of drug-likeness (QED) is 0.917. The molecule has 1 aliphatic heterocycles. The van der Waals surface area contributed by atoms with Crippen LogP contribution in [0.1, 0.15) is 34.4 Å². The van der Waals surface area contributed by atoms with Crippen molar-refractivity contribution in [2.75, 3.05) is 18.5 Å². The van der Waals surface area contributed by atoms with Gasteiger partial charge in [-0.2, -0.15) is 0 Å². The molecular formula is C17H23N3S. The molecule has 112 valence electrons. The molecule has 0 radical (unpaired) electrons. The minimum Gasteiger partial charge on any atom is -0.374 e. The number of hydrogen-bond acceptors (Lipinski definition) is 4. The van der Waals surface area contributed by atoms with Crippen molar-refractivity contribution in [2.45, 2.75) is 39.3 Å². The van der Waals surface area contributed by atoms with E-state index in [1.807, 2.05) is 17.5 Å². The van der Waals surface area contributed by atoms with Gasteiger partial charge in [-0.1, -0.05) is 19.1 Å². The summed E-state index contributed by atoms with van der Waals surface area (Å²) in [5, 5.41) is 4.69. The van der Waals surface area contributed by atoms with Crippen LogP contribution in [0.4, 0.5) is 5.69 Å². The Morgan fingerprint density at radius 3 is 3.05 bits per heavy atom. The van der Waals surface area contributed by atoms with Crippen molar-refractivity contribution in [3.05, 3.63) is 45.4 Å². The van der Waals surface area contributed by atoms with Crippen molar-refractivity contribution in [3.8, 4) is 0 Å². The standard InChI is InChI=1S/C17H23N3S/c1-3-15-11-19-17(21-15)12-18-10-13-6-7-16-14(9-13)5-4-8-20(16)2/h6-7,9,11,18H,3-5,8,10,12H2,1-2H3. The molecule has 2 aromatic rings. The maximum absolute atomic E-state index is 4.45. The highest BCUT2D eigenvalue weighted by molar-refractivity contribution is 7.11. The molecule has 4 heteroatoms. The van der Waals surface area contributed by atoms with Crippen molar-refractivity contribution in [1.29, 1.82) is 0 Å². The minimum absolute atomic E-state index is 0.863. The molecule has 21 heavy (non-hydrogen) atoms. The van der Waals surface area contributed by atoms with E-state index < -0.39 is 0 Å². The predicted octanol–water partition coefficient (Wildman–Crippen LogP) is 3.38. The Kier molecular flexibility index (Phi) is 4.56. The number of benzene rings is 1. The van der Waals surface area contributed by atoms with Crippen LogP contribution >= 0.6 is 11.3 Å². The van der Waals surface area contributed by atoms with E-state index >= 15 is 0 Å². The molecule has 1 N–H and O–H groups in total. The number of rotatable bonds is 5. The maximum atomic E-state index is 4.45. The zero-order valence-corrected chi connectivity index (χ0v) is 13.7. The molecule has 3 nitrogen and oxygen atoms in total.